The van der Waals surface area contributed by atoms with Gasteiger partial charge in [-0.05, 0) is 31.1 Å². The van der Waals surface area contributed by atoms with E-state index in [1.54, 1.807) is 0 Å². The Morgan fingerprint density at radius 2 is 1.65 bits per heavy atom. The summed E-state index contributed by atoms with van der Waals surface area (Å²) in [4.78, 5) is 25.6. The number of amides is 1. The van der Waals surface area contributed by atoms with Crippen molar-refractivity contribution in [2.45, 2.75) is 19.3 Å². The number of carboxylic acids is 1. The number of hydrogen-bond acceptors (Lipinski definition) is 2. The second kappa shape index (κ2) is 3.86. The van der Waals surface area contributed by atoms with Crippen LogP contribution in [0.3, 0.4) is 0 Å². The van der Waals surface area contributed by atoms with Crippen molar-refractivity contribution in [3.63, 3.8) is 0 Å². The number of carbonyl (C=O) groups excluding carboxylic acids is 1. The van der Waals surface area contributed by atoms with Gasteiger partial charge in [-0.2, -0.15) is 0 Å². The summed E-state index contributed by atoms with van der Waals surface area (Å²) in [5.74, 6) is -1.28. The molecule has 92 valence electrons. The first-order valence-corrected chi connectivity index (χ1v) is 6.38. The zero-order valence-corrected chi connectivity index (χ0v) is 9.71. The summed E-state index contributed by atoms with van der Waals surface area (Å²) in [6.45, 7) is 1.62. The van der Waals surface area contributed by atoms with Crippen molar-refractivity contribution in [2.24, 2.45) is 23.7 Å². The maximum absolute atomic E-state index is 12.4. The maximum atomic E-state index is 12.4. The fraction of sp³-hybridized carbons (Fsp3) is 0.692. The van der Waals surface area contributed by atoms with Crippen LogP contribution in [0.2, 0.25) is 0 Å². The van der Waals surface area contributed by atoms with Gasteiger partial charge in [0.1, 0.15) is 0 Å². The number of allylic oxidation sites excluding steroid dienone is 2. The molecule has 2 fully saturated rings. The monoisotopic (exact) mass is 235 g/mol. The Kier molecular flexibility index (Phi) is 2.45. The molecule has 1 amide bonds. The number of hydrogen-bond donors (Lipinski definition) is 1. The van der Waals surface area contributed by atoms with E-state index in [0.29, 0.717) is 0 Å². The normalized spacial score (nSPS) is 38.9. The van der Waals surface area contributed by atoms with Gasteiger partial charge < -0.3 is 10.0 Å². The number of likely N-dealkylation sites (tertiary alicyclic amines) is 1. The molecule has 3 rings (SSSR count). The second-order valence-corrected chi connectivity index (χ2v) is 5.37. The summed E-state index contributed by atoms with van der Waals surface area (Å²) in [7, 11) is 0. The van der Waals surface area contributed by atoms with Crippen molar-refractivity contribution in [2.75, 3.05) is 13.1 Å². The van der Waals surface area contributed by atoms with Crippen molar-refractivity contribution >= 4 is 11.9 Å². The van der Waals surface area contributed by atoms with Gasteiger partial charge in [-0.25, -0.2) is 0 Å². The summed E-state index contributed by atoms with van der Waals surface area (Å²) in [6.07, 6.45) is 6.99. The van der Waals surface area contributed by atoms with Gasteiger partial charge in [0.05, 0.1) is 11.8 Å². The van der Waals surface area contributed by atoms with Crippen molar-refractivity contribution in [3.8, 4) is 0 Å². The molecule has 0 spiro atoms. The number of aliphatic carboxylic acids is 1. The number of nitrogens with zero attached hydrogens (tertiary/aromatic N) is 1. The minimum Gasteiger partial charge on any atom is -0.481 e. The predicted octanol–water partition coefficient (Wildman–Crippen LogP) is 1.13. The molecule has 17 heavy (non-hydrogen) atoms. The van der Waals surface area contributed by atoms with E-state index >= 15 is 0 Å². The van der Waals surface area contributed by atoms with Crippen molar-refractivity contribution in [1.29, 1.82) is 0 Å². The van der Waals surface area contributed by atoms with E-state index in [4.69, 9.17) is 0 Å². The lowest BCUT2D eigenvalue weighted by Crippen LogP contribution is -2.41. The van der Waals surface area contributed by atoms with Gasteiger partial charge in [0.2, 0.25) is 5.91 Å². The molecule has 0 aromatic carbocycles. The molecule has 2 aliphatic carbocycles. The van der Waals surface area contributed by atoms with Crippen LogP contribution in [0.5, 0.6) is 0 Å². The van der Waals surface area contributed by atoms with E-state index in [2.05, 4.69) is 0 Å². The van der Waals surface area contributed by atoms with Gasteiger partial charge in [0.25, 0.3) is 0 Å². The minimum atomic E-state index is -0.806. The van der Waals surface area contributed by atoms with Crippen LogP contribution >= 0.6 is 0 Å². The molecule has 0 radical (unpaired) electrons. The van der Waals surface area contributed by atoms with Gasteiger partial charge >= 0.3 is 5.97 Å². The van der Waals surface area contributed by atoms with Crippen molar-refractivity contribution in [3.05, 3.63) is 12.2 Å². The Bertz CT molecular complexity index is 384. The molecule has 4 heteroatoms. The Balaban J connectivity index is 1.83. The first kappa shape index (κ1) is 10.8. The summed E-state index contributed by atoms with van der Waals surface area (Å²) in [5.41, 5.74) is 0. The van der Waals surface area contributed by atoms with E-state index in [-0.39, 0.29) is 23.7 Å². The van der Waals surface area contributed by atoms with Crippen molar-refractivity contribution < 1.29 is 14.7 Å². The molecule has 1 heterocycles. The lowest BCUT2D eigenvalue weighted by molar-refractivity contribution is -0.150. The number of carboxylic acid groups (broad SMARTS) is 1. The van der Waals surface area contributed by atoms with Gasteiger partial charge in [0, 0.05) is 13.1 Å². The molecule has 1 saturated heterocycles. The molecule has 0 aromatic rings. The maximum Gasteiger partial charge on any atom is 0.307 e. The summed E-state index contributed by atoms with van der Waals surface area (Å²) in [5, 5.41) is 9.29. The largest absolute Gasteiger partial charge is 0.481 e. The first-order valence-electron chi connectivity index (χ1n) is 6.38. The van der Waals surface area contributed by atoms with Gasteiger partial charge in [-0.1, -0.05) is 12.2 Å². The molecule has 2 unspecified atom stereocenters. The van der Waals surface area contributed by atoms with Crippen LogP contribution in [0.25, 0.3) is 0 Å². The van der Waals surface area contributed by atoms with Crippen LogP contribution in [0.15, 0.2) is 12.2 Å². The molecule has 2 bridgehead atoms. The molecule has 1 saturated carbocycles. The second-order valence-electron chi connectivity index (χ2n) is 5.37. The average Bonchev–Trinajstić information content (AvgIpc) is 3.02. The van der Waals surface area contributed by atoms with Gasteiger partial charge in [-0.15, -0.1) is 0 Å². The Morgan fingerprint density at radius 3 is 2.24 bits per heavy atom. The van der Waals surface area contributed by atoms with E-state index in [1.807, 2.05) is 17.1 Å². The quantitative estimate of drug-likeness (QED) is 0.730. The minimum absolute atomic E-state index is 0.0757. The van der Waals surface area contributed by atoms with E-state index < -0.39 is 11.9 Å². The lowest BCUT2D eigenvalue weighted by Gasteiger charge is -2.28. The first-order chi connectivity index (χ1) is 8.18. The molecular weight excluding hydrogens is 218 g/mol. The topological polar surface area (TPSA) is 57.6 Å². The number of fused-ring (bicyclic) bond motifs is 2. The Morgan fingerprint density at radius 1 is 1.06 bits per heavy atom. The Labute approximate surface area is 100 Å². The molecule has 1 aliphatic heterocycles. The van der Waals surface area contributed by atoms with Crippen molar-refractivity contribution in [1.82, 2.24) is 4.90 Å². The van der Waals surface area contributed by atoms with Crippen LogP contribution in [0, 0.1) is 23.7 Å². The summed E-state index contributed by atoms with van der Waals surface area (Å²) in [6, 6.07) is 0. The third-order valence-electron chi connectivity index (χ3n) is 4.45. The van der Waals surface area contributed by atoms with E-state index in [9.17, 15) is 14.7 Å². The van der Waals surface area contributed by atoms with Crippen LogP contribution in [0.1, 0.15) is 19.3 Å². The van der Waals surface area contributed by atoms with Crippen LogP contribution < -0.4 is 0 Å². The number of carbonyl (C=O) groups is 2. The number of rotatable bonds is 2. The fourth-order valence-electron chi connectivity index (χ4n) is 3.64. The summed E-state index contributed by atoms with van der Waals surface area (Å²) < 4.78 is 0. The molecule has 3 aliphatic rings. The zero-order chi connectivity index (χ0) is 12.0. The third kappa shape index (κ3) is 1.58. The molecule has 0 aromatic heterocycles. The third-order valence-corrected chi connectivity index (χ3v) is 4.45. The fourth-order valence-corrected chi connectivity index (χ4v) is 3.64. The molecule has 4 atom stereocenters. The van der Waals surface area contributed by atoms with Crippen LogP contribution in [-0.2, 0) is 9.59 Å². The SMILES string of the molecule is O=C(O)[C@@H]1C2C=CC(C2)[C@@H]1C(=O)N1CCCC1. The highest BCUT2D eigenvalue weighted by Gasteiger charge is 2.52. The van der Waals surface area contributed by atoms with E-state index in [0.717, 1.165) is 32.4 Å². The highest BCUT2D eigenvalue weighted by molar-refractivity contribution is 5.87. The van der Waals surface area contributed by atoms with Gasteiger partial charge in [0.15, 0.2) is 0 Å². The summed E-state index contributed by atoms with van der Waals surface area (Å²) >= 11 is 0. The highest BCUT2D eigenvalue weighted by Crippen LogP contribution is 2.48. The molecule has 1 N–H and O–H groups in total. The highest BCUT2D eigenvalue weighted by atomic mass is 16.4. The van der Waals surface area contributed by atoms with Crippen LogP contribution in [0.4, 0.5) is 0 Å². The average molecular weight is 235 g/mol. The lowest BCUT2D eigenvalue weighted by atomic mass is 9.82. The smallest absolute Gasteiger partial charge is 0.307 e. The van der Waals surface area contributed by atoms with E-state index in [1.165, 1.54) is 0 Å². The molecule has 4 nitrogen and oxygen atoms in total. The Hall–Kier alpha value is -1.32. The predicted molar refractivity (Wildman–Crippen MR) is 61.2 cm³/mol. The standard InChI is InChI=1S/C13H17NO3/c15-12(14-5-1-2-6-14)10-8-3-4-9(7-8)11(10)13(16)17/h3-4,8-11H,1-2,5-7H2,(H,16,17)/t8?,9?,10-,11+/m0/s1. The van der Waals surface area contributed by atoms with Crippen LogP contribution in [-0.4, -0.2) is 35.0 Å². The van der Waals surface area contributed by atoms with Gasteiger partial charge in [-0.3, -0.25) is 9.59 Å². The zero-order valence-electron chi connectivity index (χ0n) is 9.71. The molecular formula is C13H17NO3.